The summed E-state index contributed by atoms with van der Waals surface area (Å²) in [6, 6.07) is 15.2. The third-order valence-electron chi connectivity index (χ3n) is 5.89. The van der Waals surface area contributed by atoms with Crippen LogP contribution in [0, 0.1) is 22.7 Å². The van der Waals surface area contributed by atoms with Gasteiger partial charge in [-0.15, -0.1) is 0 Å². The number of nitrogens with zero attached hydrogens (tertiary/aromatic N) is 3. The van der Waals surface area contributed by atoms with Crippen LogP contribution in [0.1, 0.15) is 58.3 Å². The Bertz CT molecular complexity index is 1040. The van der Waals surface area contributed by atoms with Crippen LogP contribution in [0.25, 0.3) is 0 Å². The normalized spacial score (nSPS) is 20.6. The van der Waals surface area contributed by atoms with Crippen molar-refractivity contribution in [3.8, 4) is 17.9 Å². The highest BCUT2D eigenvalue weighted by atomic mass is 16.5. The minimum atomic E-state index is -0.0116. The summed E-state index contributed by atoms with van der Waals surface area (Å²) in [4.78, 5) is 14.9. The summed E-state index contributed by atoms with van der Waals surface area (Å²) in [6.45, 7) is 1.83. The molecule has 6 nitrogen and oxygen atoms in total. The molecule has 2 aromatic rings. The third kappa shape index (κ3) is 4.30. The molecule has 1 saturated carbocycles. The zero-order valence-corrected chi connectivity index (χ0v) is 17.0. The first-order chi connectivity index (χ1) is 14.6. The van der Waals surface area contributed by atoms with Crippen molar-refractivity contribution in [3.05, 3.63) is 64.2 Å². The van der Waals surface area contributed by atoms with E-state index < -0.39 is 0 Å². The van der Waals surface area contributed by atoms with E-state index in [1.54, 1.807) is 18.2 Å². The Morgan fingerprint density at radius 3 is 2.47 bits per heavy atom. The van der Waals surface area contributed by atoms with Gasteiger partial charge in [0.15, 0.2) is 0 Å². The van der Waals surface area contributed by atoms with Crippen LogP contribution in [0.2, 0.25) is 0 Å². The minimum Gasteiger partial charge on any atom is -0.490 e. The number of hydrogen-bond donors (Lipinski definition) is 1. The summed E-state index contributed by atoms with van der Waals surface area (Å²) in [5.74, 6) is 0.601. The molecule has 0 spiro atoms. The molecule has 0 bridgehead atoms. The van der Waals surface area contributed by atoms with Crippen LogP contribution in [0.5, 0.6) is 5.75 Å². The van der Waals surface area contributed by atoms with Crippen molar-refractivity contribution in [1.29, 1.82) is 10.5 Å². The van der Waals surface area contributed by atoms with Gasteiger partial charge < -0.3 is 10.1 Å². The van der Waals surface area contributed by atoms with Crippen LogP contribution in [-0.2, 0) is 13.1 Å². The number of hydrogen-bond acceptors (Lipinski definition) is 5. The molecule has 1 heterocycles. The number of nitrogens with one attached hydrogen (secondary N) is 1. The van der Waals surface area contributed by atoms with Gasteiger partial charge in [-0.25, -0.2) is 0 Å². The second-order valence-electron chi connectivity index (χ2n) is 8.15. The first-order valence-corrected chi connectivity index (χ1v) is 10.3. The van der Waals surface area contributed by atoms with Gasteiger partial charge in [0.2, 0.25) is 0 Å². The quantitative estimate of drug-likeness (QED) is 0.848. The Labute approximate surface area is 176 Å². The highest BCUT2D eigenvalue weighted by Crippen LogP contribution is 2.26. The van der Waals surface area contributed by atoms with Gasteiger partial charge in [-0.3, -0.25) is 9.69 Å². The van der Waals surface area contributed by atoms with Gasteiger partial charge >= 0.3 is 0 Å². The van der Waals surface area contributed by atoms with Gasteiger partial charge in [0.25, 0.3) is 5.91 Å². The lowest BCUT2D eigenvalue weighted by Crippen LogP contribution is -2.39. The Hall–Kier alpha value is -3.35. The van der Waals surface area contributed by atoms with Crippen LogP contribution in [0.15, 0.2) is 36.4 Å². The van der Waals surface area contributed by atoms with Crippen molar-refractivity contribution in [2.45, 2.75) is 50.9 Å². The van der Waals surface area contributed by atoms with E-state index >= 15 is 0 Å². The molecule has 6 heteroatoms. The van der Waals surface area contributed by atoms with Gasteiger partial charge in [-0.1, -0.05) is 6.07 Å². The molecular weight excluding hydrogens is 376 g/mol. The van der Waals surface area contributed by atoms with Gasteiger partial charge in [0, 0.05) is 24.7 Å². The number of fused-ring (bicyclic) bond motifs is 1. The number of ether oxygens (including phenoxy) is 1. The van der Waals surface area contributed by atoms with E-state index in [4.69, 9.17) is 15.3 Å². The fourth-order valence-electron chi connectivity index (χ4n) is 4.28. The maximum Gasteiger partial charge on any atom is 0.251 e. The Kier molecular flexibility index (Phi) is 5.70. The number of benzene rings is 2. The minimum absolute atomic E-state index is 0.0116. The predicted octanol–water partition coefficient (Wildman–Crippen LogP) is 3.50. The van der Waals surface area contributed by atoms with Crippen molar-refractivity contribution in [2.24, 2.45) is 0 Å². The predicted molar refractivity (Wildman–Crippen MR) is 112 cm³/mol. The Morgan fingerprint density at radius 1 is 1.00 bits per heavy atom. The van der Waals surface area contributed by atoms with E-state index in [9.17, 15) is 4.79 Å². The van der Waals surface area contributed by atoms with Crippen molar-refractivity contribution < 1.29 is 9.53 Å². The summed E-state index contributed by atoms with van der Waals surface area (Å²) < 4.78 is 6.02. The molecule has 1 aliphatic heterocycles. The summed E-state index contributed by atoms with van der Waals surface area (Å²) in [5, 5.41) is 21.4. The molecule has 1 amide bonds. The topological polar surface area (TPSA) is 89.2 Å². The SMILES string of the molecule is CN1Cc2ccc(C(=O)N[C@H]3CC[C@H](Oc4ccc(C#N)c(C#N)c4)CC3)cc2C1. The van der Waals surface area contributed by atoms with Crippen molar-refractivity contribution in [1.82, 2.24) is 10.2 Å². The molecule has 0 atom stereocenters. The van der Waals surface area contributed by atoms with Crippen LogP contribution >= 0.6 is 0 Å². The molecule has 0 aromatic heterocycles. The molecule has 2 aromatic carbocycles. The monoisotopic (exact) mass is 400 g/mol. The largest absolute Gasteiger partial charge is 0.490 e. The van der Waals surface area contributed by atoms with E-state index in [1.807, 2.05) is 24.3 Å². The molecule has 152 valence electrons. The molecule has 2 aliphatic rings. The molecule has 1 N–H and O–H groups in total. The summed E-state index contributed by atoms with van der Waals surface area (Å²) in [6.07, 6.45) is 3.42. The van der Waals surface area contributed by atoms with E-state index in [2.05, 4.69) is 23.3 Å². The van der Waals surface area contributed by atoms with Crippen molar-refractivity contribution in [3.63, 3.8) is 0 Å². The standard InChI is InChI=1S/C24H24N4O2/c1-28-14-18-3-2-16(10-20(18)15-28)24(29)27-21-5-8-22(9-6-21)30-23-7-4-17(12-25)19(11-23)13-26/h2-4,7,10-11,21-22H,5-6,8-9,14-15H2,1H3,(H,27,29)/t21-,22-. The van der Waals surface area contributed by atoms with Crippen LogP contribution in [0.4, 0.5) is 0 Å². The number of carbonyl (C=O) groups is 1. The number of amides is 1. The van der Waals surface area contributed by atoms with Gasteiger partial charge in [-0.05, 0) is 74.2 Å². The van der Waals surface area contributed by atoms with E-state index in [-0.39, 0.29) is 18.1 Å². The summed E-state index contributed by atoms with van der Waals surface area (Å²) in [7, 11) is 2.08. The number of nitriles is 2. The van der Waals surface area contributed by atoms with E-state index in [1.165, 1.54) is 11.1 Å². The molecular formula is C24H24N4O2. The van der Waals surface area contributed by atoms with Crippen LogP contribution < -0.4 is 10.1 Å². The highest BCUT2D eigenvalue weighted by molar-refractivity contribution is 5.94. The maximum absolute atomic E-state index is 12.7. The number of carbonyl (C=O) groups excluding carboxylic acids is 1. The summed E-state index contributed by atoms with van der Waals surface area (Å²) in [5.41, 5.74) is 3.95. The lowest BCUT2D eigenvalue weighted by atomic mass is 9.92. The third-order valence-corrected chi connectivity index (χ3v) is 5.89. The fourth-order valence-corrected chi connectivity index (χ4v) is 4.28. The van der Waals surface area contributed by atoms with Crippen molar-refractivity contribution >= 4 is 5.91 Å². The number of rotatable bonds is 4. The van der Waals surface area contributed by atoms with Gasteiger partial charge in [0.05, 0.1) is 17.2 Å². The second-order valence-corrected chi connectivity index (χ2v) is 8.15. The average molecular weight is 400 g/mol. The molecule has 0 unspecified atom stereocenters. The van der Waals surface area contributed by atoms with Crippen LogP contribution in [0.3, 0.4) is 0 Å². The summed E-state index contributed by atoms with van der Waals surface area (Å²) >= 11 is 0. The van der Waals surface area contributed by atoms with Gasteiger partial charge in [0.1, 0.15) is 17.9 Å². The first kappa shape index (κ1) is 19.9. The van der Waals surface area contributed by atoms with E-state index in [0.717, 1.165) is 44.3 Å². The van der Waals surface area contributed by atoms with Crippen LogP contribution in [-0.4, -0.2) is 30.0 Å². The molecule has 4 rings (SSSR count). The zero-order chi connectivity index (χ0) is 21.1. The lowest BCUT2D eigenvalue weighted by molar-refractivity contribution is 0.0894. The average Bonchev–Trinajstić information content (AvgIpc) is 3.14. The fraction of sp³-hybridized carbons (Fsp3) is 0.375. The van der Waals surface area contributed by atoms with Gasteiger partial charge in [-0.2, -0.15) is 10.5 Å². The Balaban J connectivity index is 1.30. The molecule has 0 saturated heterocycles. The molecule has 1 aliphatic carbocycles. The Morgan fingerprint density at radius 2 is 1.73 bits per heavy atom. The van der Waals surface area contributed by atoms with E-state index in [0.29, 0.717) is 16.9 Å². The maximum atomic E-state index is 12.7. The zero-order valence-electron chi connectivity index (χ0n) is 17.0. The molecule has 0 radical (unpaired) electrons. The highest BCUT2D eigenvalue weighted by Gasteiger charge is 2.25. The first-order valence-electron chi connectivity index (χ1n) is 10.3. The smallest absolute Gasteiger partial charge is 0.251 e. The van der Waals surface area contributed by atoms with Crippen molar-refractivity contribution in [2.75, 3.05) is 7.05 Å². The molecule has 1 fully saturated rings. The molecule has 30 heavy (non-hydrogen) atoms. The second kappa shape index (κ2) is 8.57. The lowest BCUT2D eigenvalue weighted by Gasteiger charge is -2.29.